The quantitative estimate of drug-likeness (QED) is 0.439. The summed E-state index contributed by atoms with van der Waals surface area (Å²) in [6, 6.07) is 0. The molecule has 0 heterocycles. The van der Waals surface area contributed by atoms with Crippen molar-refractivity contribution in [2.75, 3.05) is 0 Å². The summed E-state index contributed by atoms with van der Waals surface area (Å²) in [7, 11) is 0. The van der Waals surface area contributed by atoms with Crippen LogP contribution in [-0.4, -0.2) is 0 Å². The first-order valence-corrected chi connectivity index (χ1v) is 3.73. The Hall–Kier alpha value is -0.440. The molecule has 0 aliphatic rings. The van der Waals surface area contributed by atoms with Crippen LogP contribution in [0.15, 0.2) is 0 Å². The molecule has 0 nitrogen and oxygen atoms in total. The minimum Gasteiger partial charge on any atom is -0.120 e. The Morgan fingerprint density at radius 1 is 1.00 bits per heavy atom. The summed E-state index contributed by atoms with van der Waals surface area (Å²) in [5, 5.41) is 0. The molecule has 56 valence electrons. The minimum absolute atomic E-state index is 0.412. The van der Waals surface area contributed by atoms with E-state index < -0.39 is 0 Å². The fraction of sp³-hybridized carbons (Fsp3) is 0.778. The lowest BCUT2D eigenvalue weighted by atomic mass is 10.2. The van der Waals surface area contributed by atoms with E-state index in [2.05, 4.69) is 5.92 Å². The van der Waals surface area contributed by atoms with Crippen molar-refractivity contribution in [3.63, 3.8) is 0 Å². The maximum absolute atomic E-state index is 4.92. The lowest BCUT2D eigenvalue weighted by Gasteiger charge is -1.80. The van der Waals surface area contributed by atoms with Gasteiger partial charge in [-0.15, -0.1) is 12.3 Å². The molecule has 0 saturated heterocycles. The molecular weight excluding hydrogens is 108 g/mol. The van der Waals surface area contributed by atoms with Crippen LogP contribution in [0.4, 0.5) is 0 Å². The Balaban J connectivity index is -0.0000000771. The lowest BCUT2D eigenvalue weighted by Crippen LogP contribution is -1.72. The predicted octanol–water partition coefficient (Wildman–Crippen LogP) is 3.33. The topological polar surface area (TPSA) is 0 Å². The van der Waals surface area contributed by atoms with Crippen molar-refractivity contribution in [2.24, 2.45) is 5.92 Å². The molecule has 0 aromatic rings. The molecule has 9 heavy (non-hydrogen) atoms. The van der Waals surface area contributed by atoms with Gasteiger partial charge in [-0.05, 0) is 0 Å². The minimum atomic E-state index is 0.412. The molecule has 0 spiro atoms. The molecule has 0 fully saturated rings. The molecule has 0 aromatic heterocycles. The van der Waals surface area contributed by atoms with Gasteiger partial charge in [-0.1, -0.05) is 41.5 Å². The van der Waals surface area contributed by atoms with E-state index in [-0.39, 0.29) is 0 Å². The second-order valence-electron chi connectivity index (χ2n) is 1.32. The first-order valence-electron chi connectivity index (χ1n) is 3.73. The standard InChI is InChI=1S/C5H8.2C2H6/c1-4-5(2)3;2*1-2/h1,5H,2-3H3;2*1-2H3. The Labute approximate surface area is 60.7 Å². The summed E-state index contributed by atoms with van der Waals surface area (Å²) in [6.07, 6.45) is 4.92. The highest BCUT2D eigenvalue weighted by Gasteiger charge is 1.74. The van der Waals surface area contributed by atoms with Gasteiger partial charge in [0.05, 0.1) is 0 Å². The van der Waals surface area contributed by atoms with E-state index in [1.807, 2.05) is 41.5 Å². The number of hydrogen-bond donors (Lipinski definition) is 0. The predicted molar refractivity (Wildman–Crippen MR) is 46.4 cm³/mol. The van der Waals surface area contributed by atoms with Crippen molar-refractivity contribution in [1.29, 1.82) is 0 Å². The first-order chi connectivity index (χ1) is 4.27. The van der Waals surface area contributed by atoms with E-state index >= 15 is 0 Å². The smallest absolute Gasteiger partial charge is 0.0143 e. The molecule has 0 aromatic carbocycles. The van der Waals surface area contributed by atoms with Crippen LogP contribution in [0, 0.1) is 18.3 Å². The average molecular weight is 128 g/mol. The van der Waals surface area contributed by atoms with Crippen LogP contribution in [-0.2, 0) is 0 Å². The van der Waals surface area contributed by atoms with Crippen LogP contribution < -0.4 is 0 Å². The van der Waals surface area contributed by atoms with Gasteiger partial charge in [0.2, 0.25) is 0 Å². The summed E-state index contributed by atoms with van der Waals surface area (Å²) >= 11 is 0. The molecule has 0 atom stereocenters. The molecule has 0 bridgehead atoms. The number of hydrogen-bond acceptors (Lipinski definition) is 0. The average Bonchev–Trinajstić information content (AvgIpc) is 1.97. The Bertz CT molecular complexity index is 45.5. The molecule has 0 saturated carbocycles. The van der Waals surface area contributed by atoms with Crippen molar-refractivity contribution in [3.8, 4) is 12.3 Å². The zero-order valence-electron chi connectivity index (χ0n) is 7.65. The highest BCUT2D eigenvalue weighted by atomic mass is 13.8. The Morgan fingerprint density at radius 2 is 1.11 bits per heavy atom. The zero-order chi connectivity index (χ0) is 8.28. The van der Waals surface area contributed by atoms with Gasteiger partial charge < -0.3 is 0 Å². The summed E-state index contributed by atoms with van der Waals surface area (Å²) < 4.78 is 0. The summed E-state index contributed by atoms with van der Waals surface area (Å²) in [6.45, 7) is 12.0. The second kappa shape index (κ2) is 25.7. The molecule has 0 radical (unpaired) electrons. The zero-order valence-corrected chi connectivity index (χ0v) is 7.65. The lowest BCUT2D eigenvalue weighted by molar-refractivity contribution is 0.868. The van der Waals surface area contributed by atoms with Gasteiger partial charge in [0, 0.05) is 5.92 Å². The van der Waals surface area contributed by atoms with Crippen LogP contribution in [0.2, 0.25) is 0 Å². The Morgan fingerprint density at radius 3 is 1.11 bits per heavy atom. The van der Waals surface area contributed by atoms with E-state index in [1.165, 1.54) is 0 Å². The number of rotatable bonds is 0. The van der Waals surface area contributed by atoms with Crippen molar-refractivity contribution >= 4 is 0 Å². The molecule has 0 amide bonds. The SMILES string of the molecule is C#CC(C)C.CC.CC. The molecule has 0 N–H and O–H groups in total. The van der Waals surface area contributed by atoms with Crippen LogP contribution in [0.5, 0.6) is 0 Å². The summed E-state index contributed by atoms with van der Waals surface area (Å²) in [5.74, 6) is 2.94. The number of terminal acetylenes is 1. The van der Waals surface area contributed by atoms with Gasteiger partial charge in [-0.3, -0.25) is 0 Å². The van der Waals surface area contributed by atoms with Crippen molar-refractivity contribution in [1.82, 2.24) is 0 Å². The van der Waals surface area contributed by atoms with Crippen molar-refractivity contribution in [2.45, 2.75) is 41.5 Å². The fourth-order valence-corrected chi connectivity index (χ4v) is 0. The first kappa shape index (κ1) is 15.8. The highest BCUT2D eigenvalue weighted by molar-refractivity contribution is 4.86. The third-order valence-corrected chi connectivity index (χ3v) is 0.333. The Kier molecular flexibility index (Phi) is 45.1. The molecular formula is C9H20. The van der Waals surface area contributed by atoms with Gasteiger partial charge in [-0.2, -0.15) is 0 Å². The maximum atomic E-state index is 4.92. The van der Waals surface area contributed by atoms with E-state index in [0.29, 0.717) is 5.92 Å². The monoisotopic (exact) mass is 128 g/mol. The normalized spacial score (nSPS) is 5.56. The molecule has 0 heteroatoms. The van der Waals surface area contributed by atoms with Gasteiger partial charge in [0.25, 0.3) is 0 Å². The third kappa shape index (κ3) is 96.0. The van der Waals surface area contributed by atoms with Gasteiger partial charge in [0.15, 0.2) is 0 Å². The molecule has 0 aliphatic carbocycles. The van der Waals surface area contributed by atoms with Crippen LogP contribution in [0.25, 0.3) is 0 Å². The summed E-state index contributed by atoms with van der Waals surface area (Å²) in [4.78, 5) is 0. The van der Waals surface area contributed by atoms with E-state index in [1.54, 1.807) is 0 Å². The van der Waals surface area contributed by atoms with Crippen molar-refractivity contribution in [3.05, 3.63) is 0 Å². The second-order valence-corrected chi connectivity index (χ2v) is 1.32. The van der Waals surface area contributed by atoms with Gasteiger partial charge in [0.1, 0.15) is 0 Å². The highest BCUT2D eigenvalue weighted by Crippen LogP contribution is 1.81. The van der Waals surface area contributed by atoms with Crippen LogP contribution >= 0.6 is 0 Å². The van der Waals surface area contributed by atoms with Crippen LogP contribution in [0.1, 0.15) is 41.5 Å². The van der Waals surface area contributed by atoms with E-state index in [0.717, 1.165) is 0 Å². The van der Waals surface area contributed by atoms with Crippen LogP contribution in [0.3, 0.4) is 0 Å². The maximum Gasteiger partial charge on any atom is 0.0143 e. The van der Waals surface area contributed by atoms with E-state index in [4.69, 9.17) is 6.42 Å². The van der Waals surface area contributed by atoms with Crippen molar-refractivity contribution < 1.29 is 0 Å². The molecule has 0 rings (SSSR count). The van der Waals surface area contributed by atoms with Gasteiger partial charge in [-0.25, -0.2) is 0 Å². The summed E-state index contributed by atoms with van der Waals surface area (Å²) in [5.41, 5.74) is 0. The fourth-order valence-electron chi connectivity index (χ4n) is 0. The molecule has 0 unspecified atom stereocenters. The third-order valence-electron chi connectivity index (χ3n) is 0.333. The molecule has 0 aliphatic heterocycles. The van der Waals surface area contributed by atoms with Gasteiger partial charge >= 0.3 is 0 Å². The van der Waals surface area contributed by atoms with E-state index in [9.17, 15) is 0 Å². The largest absolute Gasteiger partial charge is 0.120 e.